The zero-order chi connectivity index (χ0) is 107. The molecule has 1 saturated carbocycles. The first kappa shape index (κ1) is 119. The zero-order valence-electron chi connectivity index (χ0n) is 79.6. The van der Waals surface area contributed by atoms with Crippen LogP contribution in [0.2, 0.25) is 10.0 Å². The van der Waals surface area contributed by atoms with Gasteiger partial charge in [0.2, 0.25) is 0 Å². The monoisotopic (exact) mass is 2200 g/mol. The minimum absolute atomic E-state index is 0. The van der Waals surface area contributed by atoms with Crippen molar-refractivity contribution in [2.24, 2.45) is 0 Å². The average molecular weight is 2210 g/mol. The number of hydrogen-bond acceptors (Lipinski definition) is 12. The van der Waals surface area contributed by atoms with Crippen LogP contribution >= 0.6 is 47.2 Å². The Morgan fingerprint density at radius 2 is 0.827 bits per heavy atom. The van der Waals surface area contributed by atoms with E-state index in [1.807, 2.05) is 70.0 Å². The van der Waals surface area contributed by atoms with Crippen LogP contribution in [0.3, 0.4) is 0 Å². The van der Waals surface area contributed by atoms with Crippen LogP contribution in [0.15, 0.2) is 106 Å². The van der Waals surface area contributed by atoms with Crippen LogP contribution in [0.5, 0.6) is 5.75 Å². The first-order valence-corrected chi connectivity index (χ1v) is 43.8. The van der Waals surface area contributed by atoms with Gasteiger partial charge in [0, 0.05) is 446 Å². The summed E-state index contributed by atoms with van der Waals surface area (Å²) in [5.41, 5.74) is 6.00. The third-order valence-electron chi connectivity index (χ3n) is 14.8. The number of thioether (sulfide) groups is 1. The number of aromatic nitrogens is 2. The Morgan fingerprint density at radius 1 is 0.480 bits per heavy atom. The molecule has 13 nitrogen and oxygen atoms in total. The number of amides is 2. The van der Waals surface area contributed by atoms with E-state index in [9.17, 15) is 14.4 Å². The molecule has 3 aliphatic rings. The molecule has 0 unspecified atom stereocenters. The molecule has 1 aliphatic carbocycles. The Labute approximate surface area is 921 Å². The topological polar surface area (TPSA) is 157 Å². The van der Waals surface area contributed by atoms with Crippen molar-refractivity contribution in [3.63, 3.8) is 0 Å². The molecule has 2 aliphatic heterocycles. The molecule has 5 heterocycles. The molecule has 682 valence electrons. The number of anilines is 5. The number of furan rings is 1. The van der Waals surface area contributed by atoms with Gasteiger partial charge in [-0.3, -0.25) is 15.5 Å². The molecule has 3 N–H and O–H groups in total. The van der Waals surface area contributed by atoms with E-state index in [2.05, 4.69) is 510 Å². The molecule has 8 rings (SSSR count). The zero-order valence-corrected chi connectivity index (χ0v) is 86.9. The molecule has 150 heavy (non-hydrogen) atoms. The number of halogens is 2. The van der Waals surface area contributed by atoms with Crippen LogP contribution in [0.4, 0.5) is 28.7 Å². The number of aryl methyl sites for hydroxylation is 2. The number of rotatable bonds is 10. The van der Waals surface area contributed by atoms with E-state index in [0.29, 0.717) is 62.7 Å². The van der Waals surface area contributed by atoms with Crippen LogP contribution in [0, 0.1) is 543 Å². The van der Waals surface area contributed by atoms with Crippen LogP contribution < -0.4 is 25.6 Å². The Morgan fingerprint density at radius 3 is 1.15 bits per heavy atom. The molecule has 0 saturated heterocycles. The normalized spacial score (nSPS) is 8.19. The van der Waals surface area contributed by atoms with Crippen molar-refractivity contribution in [1.29, 1.82) is 0 Å². The van der Waals surface area contributed by atoms with Crippen molar-refractivity contribution in [3.8, 4) is 498 Å². The fraction of sp³-hybridized carbons (Fsp3) is 0.106. The van der Waals surface area contributed by atoms with Crippen LogP contribution in [-0.4, -0.2) is 63.9 Å². The second-order valence-corrected chi connectivity index (χ2v) is 28.1. The second kappa shape index (κ2) is 79.6. The van der Waals surface area contributed by atoms with Gasteiger partial charge in [0.05, 0.1) is 51.4 Å². The predicted octanol–water partition coefficient (Wildman–Crippen LogP) is 12.2. The first-order valence-electron chi connectivity index (χ1n) is 41.6. The number of benzene rings is 2. The Balaban J connectivity index is 0.000000552. The predicted molar refractivity (Wildman–Crippen MR) is 590 cm³/mol. The van der Waals surface area contributed by atoms with Crippen molar-refractivity contribution in [3.05, 3.63) is 146 Å². The summed E-state index contributed by atoms with van der Waals surface area (Å²) < 4.78 is 21.5. The van der Waals surface area contributed by atoms with Gasteiger partial charge in [-0.15, -0.1) is 24.1 Å². The number of fused-ring (bicyclic) bond motifs is 2. The van der Waals surface area contributed by atoms with E-state index in [1.165, 1.54) is 23.4 Å². The number of nitrogens with zero attached hydrogens (tertiary/aromatic N) is 3. The summed E-state index contributed by atoms with van der Waals surface area (Å²) in [6.45, 7) is 14.3. The standard InChI is InChI=1S/C84H.C17H18ClNO2S.C16H18ClNO4S.C15H14N4O.U/c1-3-5-7-9-11-13-15-17-19-21-23-25-27-29-31-33-35-37-39-41-43-45-47-49-51-53-55-57-59-61-63-65-67-69-71-73-75-77-79-81-83-84-82-80-78-76-74-72-70-68-66-64-62-60-58-56-54-52-50-48-46-44-42-40-38-36-34-32-30-28-26-24-22-20-18-16-14-12-10-8-6-4-2;1-11(2)6-8-21-16-10-13(4-5-15(16)18)19-17(22)14-7-9-20-12(14)3;1-9(2)22-16(20)12-8-11(4-5-13(12)17)18-15(19)14-10(3)21-6-7-23-14;1-9-6-8-17-14-12(9)18-15(20)11-3-2-7-16-13(11)19(14)10-4-5-10;/h1H;4-7,9-10H,8H2,1-3H3,(H,19,22);4-5,8-9H,6-7H2,1-3H3,(H,18,19);2-3,6-8,10H,4-5H2,1H3,(H,18,20);/q-1;;;;. The molecule has 0 atom stereocenters. The number of terminal acetylenes is 1. The number of thiocarbonyl (C=S) groups is 1. The maximum Gasteiger partial charge on any atom is 0.339 e. The van der Waals surface area contributed by atoms with E-state index in [0.717, 1.165) is 52.7 Å². The van der Waals surface area contributed by atoms with E-state index in [-0.39, 0.29) is 59.6 Å². The van der Waals surface area contributed by atoms with Crippen molar-refractivity contribution < 1.29 is 64.1 Å². The molecule has 18 heteroatoms. The molecule has 2 aromatic carbocycles. The number of esters is 1. The van der Waals surface area contributed by atoms with Crippen molar-refractivity contribution in [2.75, 3.05) is 39.8 Å². The molecular weight excluding hydrogens is 2150 g/mol. The minimum atomic E-state index is -0.521. The number of hydrogen-bond donors (Lipinski definition) is 3. The third-order valence-corrected chi connectivity index (χ3v) is 16.9. The number of pyridine rings is 2. The number of ether oxygens (including phenoxy) is 3. The third kappa shape index (κ3) is 57.2. The van der Waals surface area contributed by atoms with Crippen LogP contribution in [0.1, 0.15) is 85.1 Å². The molecular formula is C132H51Cl2N6O7S2U-. The molecule has 0 spiro atoms. The largest absolute Gasteiger partial charge is 0.496 e. The summed E-state index contributed by atoms with van der Waals surface area (Å²) in [4.78, 5) is 48.9. The summed E-state index contributed by atoms with van der Waals surface area (Å²) in [5, 5.41) is 9.74. The Bertz CT molecular complexity index is 9070. The van der Waals surface area contributed by atoms with Gasteiger partial charge in [-0.2, -0.15) is 0 Å². The molecule has 0 bridgehead atoms. The Kier molecular flexibility index (Phi) is 63.2. The van der Waals surface area contributed by atoms with Crippen LogP contribution in [-0.2, 0) is 14.3 Å². The maximum absolute atomic E-state index is 12.4. The molecule has 5 aromatic rings. The van der Waals surface area contributed by atoms with Crippen LogP contribution in [0.25, 0.3) is 0 Å². The molecule has 0 radical (unpaired) electrons. The van der Waals surface area contributed by atoms with E-state index >= 15 is 0 Å². The summed E-state index contributed by atoms with van der Waals surface area (Å²) in [6, 6.07) is 17.9. The second-order valence-electron chi connectivity index (χ2n) is 25.8. The van der Waals surface area contributed by atoms with Crippen molar-refractivity contribution in [1.82, 2.24) is 9.97 Å². The van der Waals surface area contributed by atoms with Gasteiger partial charge in [-0.25, -0.2) is 20.7 Å². The van der Waals surface area contributed by atoms with Gasteiger partial charge in [0.25, 0.3) is 11.8 Å². The number of allylic oxidation sites excluding steroid dienone is 2. The van der Waals surface area contributed by atoms with Gasteiger partial charge in [0.15, 0.2) is 5.82 Å². The summed E-state index contributed by atoms with van der Waals surface area (Å²) in [7, 11) is 0. The number of carbonyl (C=O) groups is 3. The minimum Gasteiger partial charge on any atom is -0.496 e. The quantitative estimate of drug-likeness (QED) is 0.0399. The summed E-state index contributed by atoms with van der Waals surface area (Å²) in [6.07, 6.45) is 20.6. The van der Waals surface area contributed by atoms with Crippen molar-refractivity contribution >= 4 is 98.7 Å². The molecule has 2 amide bonds. The fourth-order valence-corrected chi connectivity index (χ4v) is 10.4. The average Bonchev–Trinajstić information content (AvgIpc) is 1.61. The SMILES string of the molecule is CC(C)=CCOc1cc(NC(=S)c2ccoc2C)ccc1Cl.CC1=C(C(=O)Nc2ccc(Cl)c(C(=O)OC(C)C)c2)SCCO1.Cc1ccnc2c1NC(=O)c1cccnc1N2C1CC1.[C-]#CC#CC#CC#CC#CC#CC#CC#CC#CC#CC#CC#CC#CC#CC#CC#CC#CC#CC#CC#CC#CC#CC#CC#CC#CC#CC#CC#CC#CC#CC#CC#CC#CC#CC#CC#CC#CC#CC#CC#CC#CC#C.[U]. The number of carbonyl (C=O) groups excluding carboxylic acids is 3. The van der Waals surface area contributed by atoms with Gasteiger partial charge in [-0.1, -0.05) is 41.0 Å². The van der Waals surface area contributed by atoms with Gasteiger partial charge >= 0.3 is 5.97 Å². The van der Waals surface area contributed by atoms with E-state index in [1.54, 1.807) is 63.7 Å². The fourth-order valence-electron chi connectivity index (χ4n) is 8.88. The number of nitrogens with one attached hydrogen (secondary N) is 3. The maximum atomic E-state index is 12.4. The summed E-state index contributed by atoms with van der Waals surface area (Å²) in [5.74, 6) is 206. The van der Waals surface area contributed by atoms with Crippen molar-refractivity contribution in [2.45, 2.75) is 73.5 Å². The van der Waals surface area contributed by atoms with Gasteiger partial charge in [-0.05, 0) is 222 Å². The summed E-state index contributed by atoms with van der Waals surface area (Å²) >= 11 is 19.0. The first-order chi connectivity index (χ1) is 73.0. The smallest absolute Gasteiger partial charge is 0.339 e. The van der Waals surface area contributed by atoms with Gasteiger partial charge < -0.3 is 45.9 Å². The van der Waals surface area contributed by atoms with Gasteiger partial charge in [0.1, 0.15) is 39.6 Å². The van der Waals surface area contributed by atoms with E-state index in [4.69, 9.17) is 66.9 Å². The van der Waals surface area contributed by atoms with E-state index < -0.39 is 5.97 Å². The molecule has 3 aromatic heterocycles. The molecule has 1 fully saturated rings. The Hall–Kier alpha value is -23.3.